The lowest BCUT2D eigenvalue weighted by atomic mass is 10.1. The van der Waals surface area contributed by atoms with Crippen LogP contribution in [0.2, 0.25) is 5.15 Å². The Bertz CT molecular complexity index is 1210. The normalized spacial score (nSPS) is 14.3. The summed E-state index contributed by atoms with van der Waals surface area (Å²) in [4.78, 5) is 41.1. The number of nitrogens with one attached hydrogen (secondary N) is 3. The predicted octanol–water partition coefficient (Wildman–Crippen LogP) is 1.03. The molecule has 3 heterocycles. The molecular weight excluding hydrogens is 482 g/mol. The van der Waals surface area contributed by atoms with Crippen molar-refractivity contribution in [3.8, 4) is 0 Å². The maximum absolute atomic E-state index is 13.4. The van der Waals surface area contributed by atoms with Gasteiger partial charge in [0.2, 0.25) is 5.95 Å². The van der Waals surface area contributed by atoms with E-state index in [-0.39, 0.29) is 46.6 Å². The number of nitrogens with two attached hydrogens (primary N) is 2. The van der Waals surface area contributed by atoms with E-state index in [1.54, 1.807) is 29.9 Å². The van der Waals surface area contributed by atoms with Crippen LogP contribution < -0.4 is 21.3 Å². The number of quaternary nitrogens is 1. The molecule has 192 valence electrons. The maximum atomic E-state index is 13.4. The van der Waals surface area contributed by atoms with Crippen molar-refractivity contribution in [1.29, 1.82) is 5.41 Å². The zero-order chi connectivity index (χ0) is 26.4. The standard InChI is InChI=1S/C24H32ClN9O2/c1-5-33(6-2)10-9-29-22(35)17-12-30-18(14(17)3)11-16-19-20(25)31-24(27)32-21(19)34(23(16)36)13-15(26)7-8-28-4/h7-8,11-12,26,28,30H,5-6,9-10,13H2,1-4H3,(H,29,35)(H2,27,31,32)/p+1. The Morgan fingerprint density at radius 3 is 2.75 bits per heavy atom. The summed E-state index contributed by atoms with van der Waals surface area (Å²) in [5.41, 5.74) is 8.37. The molecule has 0 aliphatic carbocycles. The number of anilines is 2. The van der Waals surface area contributed by atoms with Gasteiger partial charge in [0, 0.05) is 31.1 Å². The molecule has 0 unspecified atom stereocenters. The molecule has 36 heavy (non-hydrogen) atoms. The third kappa shape index (κ3) is 5.81. The molecule has 3 rings (SSSR count). The van der Waals surface area contributed by atoms with Gasteiger partial charge in [-0.05, 0) is 31.7 Å². The Labute approximate surface area is 215 Å². The maximum Gasteiger partial charge on any atom is 0.260 e. The fourth-order valence-corrected chi connectivity index (χ4v) is 4.21. The predicted molar refractivity (Wildman–Crippen MR) is 142 cm³/mol. The number of fused-ring (bicyclic) bond motifs is 1. The van der Waals surface area contributed by atoms with Gasteiger partial charge in [0.25, 0.3) is 11.8 Å². The number of amides is 2. The van der Waals surface area contributed by atoms with Crippen LogP contribution in [0.15, 0.2) is 18.5 Å². The van der Waals surface area contributed by atoms with Gasteiger partial charge in [-0.2, -0.15) is 4.98 Å². The van der Waals surface area contributed by atoms with E-state index >= 15 is 0 Å². The van der Waals surface area contributed by atoms with Crippen molar-refractivity contribution < 1.29 is 14.9 Å². The monoisotopic (exact) mass is 514 g/mol. The van der Waals surface area contributed by atoms with Gasteiger partial charge in [0.1, 0.15) is 5.15 Å². The number of hydrogen-bond acceptors (Lipinski definition) is 7. The number of nitrogen functional groups attached to an aromatic ring is 1. The first kappa shape index (κ1) is 27.1. The smallest absolute Gasteiger partial charge is 0.260 e. The zero-order valence-corrected chi connectivity index (χ0v) is 21.7. The van der Waals surface area contributed by atoms with Gasteiger partial charge in [-0.1, -0.05) is 25.4 Å². The topological polar surface area (TPSA) is 161 Å². The van der Waals surface area contributed by atoms with Crippen LogP contribution in [0.1, 0.15) is 41.0 Å². The summed E-state index contributed by atoms with van der Waals surface area (Å²) in [6, 6.07) is 0. The molecule has 0 fully saturated rings. The van der Waals surface area contributed by atoms with Crippen LogP contribution in [0.4, 0.5) is 11.8 Å². The van der Waals surface area contributed by atoms with E-state index in [0.717, 1.165) is 19.6 Å². The molecule has 11 nitrogen and oxygen atoms in total. The minimum Gasteiger partial charge on any atom is -0.368 e. The van der Waals surface area contributed by atoms with Gasteiger partial charge < -0.3 is 31.7 Å². The molecule has 0 radical (unpaired) electrons. The minimum atomic E-state index is -0.385. The number of H-pyrrole nitrogens is 1. The van der Waals surface area contributed by atoms with Crippen molar-refractivity contribution in [2.75, 3.05) is 50.4 Å². The van der Waals surface area contributed by atoms with Crippen LogP contribution in [-0.4, -0.2) is 77.1 Å². The molecule has 7 N–H and O–H groups in total. The fourth-order valence-electron chi connectivity index (χ4n) is 3.93. The Balaban J connectivity index is 1.90. The van der Waals surface area contributed by atoms with Gasteiger partial charge in [-0.25, -0.2) is 4.98 Å². The van der Waals surface area contributed by atoms with Crippen LogP contribution in [0, 0.1) is 12.3 Å². The van der Waals surface area contributed by atoms with E-state index in [0.29, 0.717) is 28.9 Å². The van der Waals surface area contributed by atoms with Crippen molar-refractivity contribution >= 4 is 52.5 Å². The Kier molecular flexibility index (Phi) is 8.97. The summed E-state index contributed by atoms with van der Waals surface area (Å²) < 4.78 is 0. The van der Waals surface area contributed by atoms with Crippen LogP contribution in [0.5, 0.6) is 0 Å². The summed E-state index contributed by atoms with van der Waals surface area (Å²) in [5, 5.41) is 13.0. The van der Waals surface area contributed by atoms with E-state index in [1.165, 1.54) is 4.90 Å². The molecule has 1 aliphatic rings. The van der Waals surface area contributed by atoms with Crippen molar-refractivity contribution in [2.45, 2.75) is 20.8 Å². The summed E-state index contributed by atoms with van der Waals surface area (Å²) >= 11 is 6.39. The summed E-state index contributed by atoms with van der Waals surface area (Å²) in [5.74, 6) is -0.394. The van der Waals surface area contributed by atoms with Crippen molar-refractivity contribution in [3.63, 3.8) is 0 Å². The quantitative estimate of drug-likeness (QED) is 0.171. The molecule has 2 aromatic rings. The number of rotatable bonds is 11. The third-order valence-corrected chi connectivity index (χ3v) is 6.28. The Hall–Kier alpha value is -3.54. The van der Waals surface area contributed by atoms with E-state index < -0.39 is 0 Å². The lowest BCUT2D eigenvalue weighted by molar-refractivity contribution is -0.556. The van der Waals surface area contributed by atoms with E-state index in [2.05, 4.69) is 39.0 Å². The van der Waals surface area contributed by atoms with Crippen LogP contribution in [0.25, 0.3) is 11.6 Å². The molecule has 0 saturated heterocycles. The number of aromatic amines is 1. The number of likely N-dealkylation sites (N-methyl/N-ethyl adjacent to an activating group) is 1. The number of halogens is 1. The molecular formula is C24H33ClN9O2+. The second-order valence-electron chi connectivity index (χ2n) is 8.26. The molecule has 2 amide bonds. The number of carbonyl (C=O) groups excluding carboxylic acids is 2. The second-order valence-corrected chi connectivity index (χ2v) is 8.62. The molecule has 0 bridgehead atoms. The highest BCUT2D eigenvalue weighted by molar-refractivity contribution is 6.41. The summed E-state index contributed by atoms with van der Waals surface area (Å²) in [7, 11) is 1.84. The minimum absolute atomic E-state index is 0.00972. The van der Waals surface area contributed by atoms with Gasteiger partial charge in [-0.3, -0.25) is 14.5 Å². The molecule has 0 spiro atoms. The first-order valence-corrected chi connectivity index (χ1v) is 12.2. The van der Waals surface area contributed by atoms with E-state index in [9.17, 15) is 9.59 Å². The highest BCUT2D eigenvalue weighted by Gasteiger charge is 2.37. The highest BCUT2D eigenvalue weighted by atomic mass is 35.5. The largest absolute Gasteiger partial charge is 0.368 e. The van der Waals surface area contributed by atoms with Crippen molar-refractivity contribution in [3.05, 3.63) is 46.0 Å². The van der Waals surface area contributed by atoms with Crippen LogP contribution >= 0.6 is 11.6 Å². The van der Waals surface area contributed by atoms with Crippen LogP contribution in [0.3, 0.4) is 0 Å². The van der Waals surface area contributed by atoms with Gasteiger partial charge in [0.05, 0.1) is 42.2 Å². The number of hydrogen-bond donors (Lipinski definition) is 5. The number of nitrogens with zero attached hydrogens (tertiary/aromatic N) is 4. The van der Waals surface area contributed by atoms with Gasteiger partial charge in [0.15, 0.2) is 5.82 Å². The van der Waals surface area contributed by atoms with E-state index in [1.807, 2.05) is 14.0 Å². The van der Waals surface area contributed by atoms with Crippen LogP contribution in [-0.2, 0) is 4.79 Å². The zero-order valence-electron chi connectivity index (χ0n) is 21.0. The second kappa shape index (κ2) is 11.9. The SMILES string of the molecule is CCN(CC)CCNC(=O)c1c[nH]c(C=C2C(=O)N(CC(=N)C=C[NH2+]C)c3nc(N)nc(Cl)c32)c1C. The van der Waals surface area contributed by atoms with E-state index in [4.69, 9.17) is 22.7 Å². The van der Waals surface area contributed by atoms with Gasteiger partial charge in [-0.15, -0.1) is 0 Å². The Morgan fingerprint density at radius 2 is 2.08 bits per heavy atom. The van der Waals surface area contributed by atoms with Crippen molar-refractivity contribution in [2.24, 2.45) is 0 Å². The number of aromatic nitrogens is 3. The highest BCUT2D eigenvalue weighted by Crippen LogP contribution is 2.40. The number of carbonyl (C=O) groups is 2. The molecule has 1 aliphatic heterocycles. The average Bonchev–Trinajstić information content (AvgIpc) is 3.33. The first-order chi connectivity index (χ1) is 17.2. The average molecular weight is 515 g/mol. The third-order valence-electron chi connectivity index (χ3n) is 6.00. The Morgan fingerprint density at radius 1 is 1.36 bits per heavy atom. The molecule has 0 atom stereocenters. The lowest BCUT2D eigenvalue weighted by Gasteiger charge is -2.17. The molecule has 0 saturated carbocycles. The van der Waals surface area contributed by atoms with Crippen molar-refractivity contribution in [1.82, 2.24) is 25.2 Å². The molecule has 0 aromatic carbocycles. The van der Waals surface area contributed by atoms with Gasteiger partial charge >= 0.3 is 0 Å². The molecule has 2 aromatic heterocycles. The lowest BCUT2D eigenvalue weighted by Crippen LogP contribution is -2.72. The fraction of sp³-hybridized carbons (Fsp3) is 0.375. The molecule has 12 heteroatoms. The summed E-state index contributed by atoms with van der Waals surface area (Å²) in [6.07, 6.45) is 6.57. The summed E-state index contributed by atoms with van der Waals surface area (Å²) in [6.45, 7) is 9.11. The first-order valence-electron chi connectivity index (χ1n) is 11.8.